The molecule has 0 radical (unpaired) electrons. The number of amides is 1. The van der Waals surface area contributed by atoms with Crippen molar-refractivity contribution >= 4 is 24.2 Å². The van der Waals surface area contributed by atoms with Gasteiger partial charge < -0.3 is 9.64 Å². The molecule has 154 valence electrons. The van der Waals surface area contributed by atoms with E-state index in [0.717, 1.165) is 45.2 Å². The van der Waals surface area contributed by atoms with E-state index in [4.69, 9.17) is 4.74 Å². The largest absolute Gasteiger partial charge is 0.448 e. The fourth-order valence-electron chi connectivity index (χ4n) is 3.74. The summed E-state index contributed by atoms with van der Waals surface area (Å²) in [5.41, 5.74) is 2.72. The Labute approximate surface area is 174 Å². The summed E-state index contributed by atoms with van der Waals surface area (Å²) in [5, 5.41) is 1.79. The second-order valence-corrected chi connectivity index (χ2v) is 7.08. The zero-order valence-corrected chi connectivity index (χ0v) is 17.7. The highest BCUT2D eigenvalue weighted by molar-refractivity contribution is 5.85. The second-order valence-electron chi connectivity index (χ2n) is 7.08. The van der Waals surface area contributed by atoms with E-state index < -0.39 is 0 Å². The number of halogens is 1. The highest BCUT2D eigenvalue weighted by Crippen LogP contribution is 2.26. The standard InChI is InChI=1S/C22H31N3O2.ClH/c1-3-5-18-27-22(26)25(24-14-8-9-15-24)20-12-16-23(17-13-20)21-11-7-6-10-19(21)4-2;/h6-11,14-15,20H,3-5,12-13,16-18H2,1-2H3;1H. The Balaban J connectivity index is 0.00000280. The Morgan fingerprint density at radius 1 is 1.11 bits per heavy atom. The molecule has 0 N–H and O–H groups in total. The number of rotatable bonds is 7. The number of piperidine rings is 1. The molecule has 5 nitrogen and oxygen atoms in total. The van der Waals surface area contributed by atoms with Crippen molar-refractivity contribution in [1.82, 2.24) is 4.68 Å². The van der Waals surface area contributed by atoms with Gasteiger partial charge in [-0.3, -0.25) is 4.68 Å². The van der Waals surface area contributed by atoms with Gasteiger partial charge in [-0.1, -0.05) is 38.5 Å². The first-order valence-electron chi connectivity index (χ1n) is 10.2. The molecule has 1 saturated heterocycles. The minimum absolute atomic E-state index is 0. The molecule has 0 bridgehead atoms. The van der Waals surface area contributed by atoms with E-state index in [1.807, 2.05) is 29.2 Å². The number of aromatic nitrogens is 1. The molecule has 1 fully saturated rings. The lowest BCUT2D eigenvalue weighted by Gasteiger charge is -2.39. The predicted molar refractivity (Wildman–Crippen MR) is 117 cm³/mol. The number of anilines is 1. The van der Waals surface area contributed by atoms with Gasteiger partial charge in [0, 0.05) is 31.2 Å². The quantitative estimate of drug-likeness (QED) is 0.607. The zero-order valence-electron chi connectivity index (χ0n) is 16.9. The van der Waals surface area contributed by atoms with Gasteiger partial charge >= 0.3 is 6.09 Å². The summed E-state index contributed by atoms with van der Waals surface area (Å²) in [6.07, 6.45) is 8.41. The molecule has 0 atom stereocenters. The van der Waals surface area contributed by atoms with Gasteiger partial charge in [-0.25, -0.2) is 9.80 Å². The molecule has 1 aromatic heterocycles. The molecule has 1 aliphatic rings. The van der Waals surface area contributed by atoms with Gasteiger partial charge in [0.15, 0.2) is 0 Å². The van der Waals surface area contributed by atoms with E-state index in [0.29, 0.717) is 6.61 Å². The van der Waals surface area contributed by atoms with E-state index in [2.05, 4.69) is 43.0 Å². The number of carbonyl (C=O) groups excluding carboxylic acids is 1. The van der Waals surface area contributed by atoms with E-state index >= 15 is 0 Å². The number of nitrogens with zero attached hydrogens (tertiary/aromatic N) is 3. The minimum atomic E-state index is -0.243. The fourth-order valence-corrected chi connectivity index (χ4v) is 3.74. The van der Waals surface area contributed by atoms with E-state index in [1.54, 1.807) is 5.01 Å². The number of hydrogen-bond donors (Lipinski definition) is 0. The van der Waals surface area contributed by atoms with Crippen LogP contribution in [0.5, 0.6) is 0 Å². The summed E-state index contributed by atoms with van der Waals surface area (Å²) < 4.78 is 7.39. The normalized spacial score (nSPS) is 14.4. The van der Waals surface area contributed by atoms with Gasteiger partial charge in [-0.15, -0.1) is 12.4 Å². The third-order valence-corrected chi connectivity index (χ3v) is 5.27. The number of para-hydroxylation sites is 1. The maximum Gasteiger partial charge on any atom is 0.429 e. The average molecular weight is 406 g/mol. The molecule has 3 rings (SSSR count). The third kappa shape index (κ3) is 5.22. The van der Waals surface area contributed by atoms with Crippen molar-refractivity contribution in [2.45, 2.75) is 52.0 Å². The van der Waals surface area contributed by atoms with Crippen molar-refractivity contribution in [3.8, 4) is 0 Å². The molecule has 0 spiro atoms. The maximum absolute atomic E-state index is 12.7. The smallest absolute Gasteiger partial charge is 0.429 e. The first-order valence-corrected chi connectivity index (χ1v) is 10.2. The molecule has 28 heavy (non-hydrogen) atoms. The van der Waals surface area contributed by atoms with Crippen LogP contribution in [0.3, 0.4) is 0 Å². The van der Waals surface area contributed by atoms with Crippen LogP contribution in [0.4, 0.5) is 10.5 Å². The lowest BCUT2D eigenvalue weighted by Crippen LogP contribution is -2.52. The van der Waals surface area contributed by atoms with Gasteiger partial charge in [-0.05, 0) is 49.4 Å². The lowest BCUT2D eigenvalue weighted by atomic mass is 10.0. The van der Waals surface area contributed by atoms with Crippen LogP contribution < -0.4 is 9.91 Å². The van der Waals surface area contributed by atoms with Crippen LogP contribution >= 0.6 is 12.4 Å². The van der Waals surface area contributed by atoms with Crippen molar-refractivity contribution in [2.24, 2.45) is 0 Å². The zero-order chi connectivity index (χ0) is 19.1. The predicted octanol–water partition coefficient (Wildman–Crippen LogP) is 5.02. The van der Waals surface area contributed by atoms with Crippen LogP contribution in [0, 0.1) is 0 Å². The van der Waals surface area contributed by atoms with Crippen LogP contribution in [0.2, 0.25) is 0 Å². The molecular formula is C22H32ClN3O2. The first kappa shape index (κ1) is 22.2. The number of benzene rings is 1. The topological polar surface area (TPSA) is 37.7 Å². The van der Waals surface area contributed by atoms with Crippen LogP contribution in [-0.2, 0) is 11.2 Å². The van der Waals surface area contributed by atoms with Crippen LogP contribution in [0.25, 0.3) is 0 Å². The summed E-state index contributed by atoms with van der Waals surface area (Å²) in [4.78, 5) is 15.2. The fraction of sp³-hybridized carbons (Fsp3) is 0.500. The van der Waals surface area contributed by atoms with Gasteiger partial charge in [0.05, 0.1) is 12.6 Å². The van der Waals surface area contributed by atoms with Crippen LogP contribution in [0.15, 0.2) is 48.8 Å². The van der Waals surface area contributed by atoms with E-state index in [-0.39, 0.29) is 24.5 Å². The van der Waals surface area contributed by atoms with Gasteiger partial charge in [0.25, 0.3) is 0 Å². The number of aryl methyl sites for hydroxylation is 1. The second kappa shape index (κ2) is 11.0. The summed E-state index contributed by atoms with van der Waals surface area (Å²) in [7, 11) is 0. The Morgan fingerprint density at radius 3 is 2.43 bits per heavy atom. The first-order chi connectivity index (χ1) is 13.2. The molecular weight excluding hydrogens is 374 g/mol. The molecule has 0 unspecified atom stereocenters. The third-order valence-electron chi connectivity index (χ3n) is 5.27. The molecule has 2 aromatic rings. The molecule has 1 aliphatic heterocycles. The highest BCUT2D eigenvalue weighted by Gasteiger charge is 2.30. The number of hydrogen-bond acceptors (Lipinski definition) is 3. The Hall–Kier alpha value is -2.14. The molecule has 0 saturated carbocycles. The van der Waals surface area contributed by atoms with Gasteiger partial charge in [0.1, 0.15) is 0 Å². The highest BCUT2D eigenvalue weighted by atomic mass is 35.5. The monoisotopic (exact) mass is 405 g/mol. The van der Waals surface area contributed by atoms with Crippen LogP contribution in [-0.4, -0.2) is 36.5 Å². The summed E-state index contributed by atoms with van der Waals surface area (Å²) in [6, 6.07) is 12.7. The Kier molecular flexibility index (Phi) is 8.71. The van der Waals surface area contributed by atoms with Crippen molar-refractivity contribution in [1.29, 1.82) is 0 Å². The summed E-state index contributed by atoms with van der Waals surface area (Å²) in [6.45, 7) is 6.67. The number of carbonyl (C=O) groups is 1. The Bertz CT molecular complexity index is 712. The molecule has 2 heterocycles. The molecule has 1 amide bonds. The minimum Gasteiger partial charge on any atom is -0.448 e. The molecule has 1 aromatic carbocycles. The SMILES string of the molecule is CCCCOC(=O)N(C1CCN(c2ccccc2CC)CC1)n1cccc1.Cl. The van der Waals surface area contributed by atoms with Crippen molar-refractivity contribution < 1.29 is 9.53 Å². The molecule has 6 heteroatoms. The van der Waals surface area contributed by atoms with Crippen molar-refractivity contribution in [3.05, 3.63) is 54.4 Å². The lowest BCUT2D eigenvalue weighted by molar-refractivity contribution is 0.140. The van der Waals surface area contributed by atoms with E-state index in [1.165, 1.54) is 11.3 Å². The number of ether oxygens (including phenoxy) is 1. The van der Waals surface area contributed by atoms with E-state index in [9.17, 15) is 4.79 Å². The maximum atomic E-state index is 12.7. The van der Waals surface area contributed by atoms with Crippen molar-refractivity contribution in [2.75, 3.05) is 29.6 Å². The van der Waals surface area contributed by atoms with Crippen molar-refractivity contribution in [3.63, 3.8) is 0 Å². The summed E-state index contributed by atoms with van der Waals surface area (Å²) in [5.74, 6) is 0. The Morgan fingerprint density at radius 2 is 1.79 bits per heavy atom. The van der Waals surface area contributed by atoms with Gasteiger partial charge in [-0.2, -0.15) is 0 Å². The van der Waals surface area contributed by atoms with Gasteiger partial charge in [0.2, 0.25) is 0 Å². The number of unbranched alkanes of at least 4 members (excludes halogenated alkanes) is 1. The molecule has 0 aliphatic carbocycles. The summed E-state index contributed by atoms with van der Waals surface area (Å²) >= 11 is 0. The van der Waals surface area contributed by atoms with Crippen LogP contribution in [0.1, 0.15) is 45.1 Å². The average Bonchev–Trinajstić information content (AvgIpc) is 3.23.